The Hall–Kier alpha value is -2.33. The maximum atomic E-state index is 12.5. The second-order valence-corrected chi connectivity index (χ2v) is 7.35. The largest absolute Gasteiger partial charge is 0.481 e. The molecule has 1 aliphatic rings. The second kappa shape index (κ2) is 9.56. The third-order valence-corrected chi connectivity index (χ3v) is 5.03. The van der Waals surface area contributed by atoms with Gasteiger partial charge in [-0.1, -0.05) is 43.3 Å². The van der Waals surface area contributed by atoms with Crippen molar-refractivity contribution in [2.45, 2.75) is 52.3 Å². The number of amides is 1. The Kier molecular flexibility index (Phi) is 6.88. The van der Waals surface area contributed by atoms with E-state index in [1.165, 1.54) is 31.5 Å². The van der Waals surface area contributed by atoms with Crippen LogP contribution < -0.4 is 10.1 Å². The van der Waals surface area contributed by atoms with Gasteiger partial charge in [-0.2, -0.15) is 0 Å². The monoisotopic (exact) mass is 366 g/mol. The maximum absolute atomic E-state index is 12.5. The molecule has 0 aliphatic carbocycles. The molecule has 1 atom stereocenters. The summed E-state index contributed by atoms with van der Waals surface area (Å²) in [5.41, 5.74) is 3.57. The zero-order valence-electron chi connectivity index (χ0n) is 16.4. The standard InChI is InChI=1S/C23H30N2O2/c1-3-22(27-21-8-6-7-18(2)15-21)23(26)24-16-19-9-11-20(12-10-19)17-25-13-4-5-14-25/h6-12,15,22H,3-5,13-14,16-17H2,1-2H3,(H,24,26)/t22-/m1/s1. The van der Waals surface area contributed by atoms with Gasteiger partial charge in [0.05, 0.1) is 0 Å². The maximum Gasteiger partial charge on any atom is 0.261 e. The van der Waals surface area contributed by atoms with Gasteiger partial charge in [0.15, 0.2) is 6.10 Å². The number of rotatable bonds is 8. The Morgan fingerprint density at radius 2 is 1.81 bits per heavy atom. The molecule has 1 saturated heterocycles. The van der Waals surface area contributed by atoms with Crippen LogP contribution in [0.1, 0.15) is 42.9 Å². The van der Waals surface area contributed by atoms with Crippen LogP contribution in [0.3, 0.4) is 0 Å². The van der Waals surface area contributed by atoms with Gasteiger partial charge in [0.25, 0.3) is 5.91 Å². The van der Waals surface area contributed by atoms with E-state index in [-0.39, 0.29) is 5.91 Å². The lowest BCUT2D eigenvalue weighted by Gasteiger charge is -2.18. The molecule has 0 saturated carbocycles. The van der Waals surface area contributed by atoms with E-state index in [1.807, 2.05) is 38.1 Å². The fourth-order valence-corrected chi connectivity index (χ4v) is 3.44. The van der Waals surface area contributed by atoms with E-state index >= 15 is 0 Å². The molecule has 0 spiro atoms. The predicted octanol–water partition coefficient (Wildman–Crippen LogP) is 4.06. The minimum Gasteiger partial charge on any atom is -0.481 e. The van der Waals surface area contributed by atoms with Crippen LogP contribution >= 0.6 is 0 Å². The predicted molar refractivity (Wildman–Crippen MR) is 109 cm³/mol. The van der Waals surface area contributed by atoms with Gasteiger partial charge in [-0.05, 0) is 68.1 Å². The number of ether oxygens (including phenoxy) is 1. The van der Waals surface area contributed by atoms with Crippen LogP contribution in [-0.2, 0) is 17.9 Å². The molecule has 1 heterocycles. The van der Waals surface area contributed by atoms with Gasteiger partial charge < -0.3 is 10.1 Å². The number of nitrogens with one attached hydrogen (secondary N) is 1. The minimum atomic E-state index is -0.471. The molecule has 1 fully saturated rings. The van der Waals surface area contributed by atoms with Crippen molar-refractivity contribution >= 4 is 5.91 Å². The molecule has 0 radical (unpaired) electrons. The number of carbonyl (C=O) groups excluding carboxylic acids is 1. The SMILES string of the molecule is CC[C@@H](Oc1cccc(C)c1)C(=O)NCc1ccc(CN2CCCC2)cc1. The van der Waals surface area contributed by atoms with Crippen molar-refractivity contribution in [1.29, 1.82) is 0 Å². The first-order valence-corrected chi connectivity index (χ1v) is 9.95. The summed E-state index contributed by atoms with van der Waals surface area (Å²) < 4.78 is 5.87. The first-order valence-electron chi connectivity index (χ1n) is 9.95. The lowest BCUT2D eigenvalue weighted by Crippen LogP contribution is -2.37. The molecule has 144 valence electrons. The molecule has 2 aromatic rings. The van der Waals surface area contributed by atoms with Crippen molar-refractivity contribution in [3.05, 3.63) is 65.2 Å². The van der Waals surface area contributed by atoms with E-state index in [2.05, 4.69) is 34.5 Å². The zero-order chi connectivity index (χ0) is 19.1. The number of likely N-dealkylation sites (tertiary alicyclic amines) is 1. The van der Waals surface area contributed by atoms with Gasteiger partial charge in [0, 0.05) is 13.1 Å². The summed E-state index contributed by atoms with van der Waals surface area (Å²) in [6.07, 6.45) is 2.79. The van der Waals surface area contributed by atoms with Crippen LogP contribution in [0.4, 0.5) is 0 Å². The van der Waals surface area contributed by atoms with Gasteiger partial charge >= 0.3 is 0 Å². The average Bonchev–Trinajstić information content (AvgIpc) is 3.18. The van der Waals surface area contributed by atoms with Crippen molar-refractivity contribution in [3.63, 3.8) is 0 Å². The third kappa shape index (κ3) is 5.83. The third-order valence-electron chi connectivity index (χ3n) is 5.03. The Balaban J connectivity index is 1.49. The van der Waals surface area contributed by atoms with Crippen LogP contribution in [-0.4, -0.2) is 30.0 Å². The van der Waals surface area contributed by atoms with Crippen LogP contribution in [0.5, 0.6) is 5.75 Å². The molecule has 4 heteroatoms. The highest BCUT2D eigenvalue weighted by molar-refractivity contribution is 5.81. The molecule has 0 aromatic heterocycles. The summed E-state index contributed by atoms with van der Waals surface area (Å²) in [5.74, 6) is 0.670. The fourth-order valence-electron chi connectivity index (χ4n) is 3.44. The molecule has 0 unspecified atom stereocenters. The van der Waals surface area contributed by atoms with E-state index in [0.717, 1.165) is 23.4 Å². The summed E-state index contributed by atoms with van der Waals surface area (Å²) in [5, 5.41) is 3.00. The zero-order valence-corrected chi connectivity index (χ0v) is 16.4. The molecule has 1 N–H and O–H groups in total. The van der Waals surface area contributed by atoms with Crippen LogP contribution in [0.15, 0.2) is 48.5 Å². The lowest BCUT2D eigenvalue weighted by molar-refractivity contribution is -0.128. The van der Waals surface area contributed by atoms with E-state index in [0.29, 0.717) is 13.0 Å². The average molecular weight is 367 g/mol. The summed E-state index contributed by atoms with van der Waals surface area (Å²) in [6.45, 7) is 7.94. The Morgan fingerprint density at radius 3 is 2.48 bits per heavy atom. The number of carbonyl (C=O) groups is 1. The fraction of sp³-hybridized carbons (Fsp3) is 0.435. The van der Waals surface area contributed by atoms with Crippen LogP contribution in [0.2, 0.25) is 0 Å². The number of benzene rings is 2. The molecule has 0 bridgehead atoms. The van der Waals surface area contributed by atoms with Crippen molar-refractivity contribution in [2.24, 2.45) is 0 Å². The summed E-state index contributed by atoms with van der Waals surface area (Å²) in [4.78, 5) is 15.0. The van der Waals surface area contributed by atoms with Crippen molar-refractivity contribution < 1.29 is 9.53 Å². The van der Waals surface area contributed by atoms with Crippen molar-refractivity contribution in [3.8, 4) is 5.75 Å². The lowest BCUT2D eigenvalue weighted by atomic mass is 10.1. The smallest absolute Gasteiger partial charge is 0.261 e. The van der Waals surface area contributed by atoms with Crippen LogP contribution in [0.25, 0.3) is 0 Å². The number of nitrogens with zero attached hydrogens (tertiary/aromatic N) is 1. The molecule has 1 aliphatic heterocycles. The Morgan fingerprint density at radius 1 is 1.11 bits per heavy atom. The molecule has 27 heavy (non-hydrogen) atoms. The first-order chi connectivity index (χ1) is 13.1. The van der Waals surface area contributed by atoms with Crippen LogP contribution in [0, 0.1) is 6.92 Å². The molecule has 1 amide bonds. The minimum absolute atomic E-state index is 0.0693. The van der Waals surface area contributed by atoms with E-state index in [1.54, 1.807) is 0 Å². The highest BCUT2D eigenvalue weighted by Crippen LogP contribution is 2.16. The normalized spacial score (nSPS) is 15.5. The quantitative estimate of drug-likeness (QED) is 0.766. The molecular weight excluding hydrogens is 336 g/mol. The molecule has 3 rings (SSSR count). The number of hydrogen-bond donors (Lipinski definition) is 1. The Labute approximate surface area is 162 Å². The summed E-state index contributed by atoms with van der Waals surface area (Å²) >= 11 is 0. The van der Waals surface area contributed by atoms with Gasteiger partial charge in [-0.3, -0.25) is 9.69 Å². The Bertz CT molecular complexity index is 736. The molecule has 2 aromatic carbocycles. The summed E-state index contributed by atoms with van der Waals surface area (Å²) in [6, 6.07) is 16.3. The van der Waals surface area contributed by atoms with E-state index in [9.17, 15) is 4.79 Å². The molecular formula is C23H30N2O2. The first kappa shape index (κ1) is 19.4. The topological polar surface area (TPSA) is 41.6 Å². The van der Waals surface area contributed by atoms with Crippen molar-refractivity contribution in [1.82, 2.24) is 10.2 Å². The van der Waals surface area contributed by atoms with Crippen molar-refractivity contribution in [2.75, 3.05) is 13.1 Å². The van der Waals surface area contributed by atoms with Gasteiger partial charge in [-0.25, -0.2) is 0 Å². The highest BCUT2D eigenvalue weighted by Gasteiger charge is 2.18. The summed E-state index contributed by atoms with van der Waals surface area (Å²) in [7, 11) is 0. The number of hydrogen-bond acceptors (Lipinski definition) is 3. The van der Waals surface area contributed by atoms with Gasteiger partial charge in [0.1, 0.15) is 5.75 Å². The van der Waals surface area contributed by atoms with E-state index in [4.69, 9.17) is 4.74 Å². The molecule has 4 nitrogen and oxygen atoms in total. The second-order valence-electron chi connectivity index (χ2n) is 7.35. The number of aryl methyl sites for hydroxylation is 1. The van der Waals surface area contributed by atoms with Gasteiger partial charge in [-0.15, -0.1) is 0 Å². The highest BCUT2D eigenvalue weighted by atomic mass is 16.5. The van der Waals surface area contributed by atoms with Gasteiger partial charge in [0.2, 0.25) is 0 Å². The van der Waals surface area contributed by atoms with E-state index < -0.39 is 6.10 Å².